The van der Waals surface area contributed by atoms with E-state index < -0.39 is 71.3 Å². The zero-order valence-corrected chi connectivity index (χ0v) is 37.8. The standard InChI is InChI=1S/C49H62ClF3N4O6/c1-6-47(4,55-45(61)49(51,52)53)46(62)56(5)42(33(2)3)43(59)54-40(44(60)57-30-18-19-31-57)32-41(58)63-48(36-22-14-11-15-23-36,38-24-16-17-25-39(38)50)37-28-26-35(27-29-37)34-20-12-9-7-8-10-13-21-34/h11,14-17,22-29,33-34,40,42H,6-10,12-13,18-21,30-32H2,1-5H3,(H,54,59)(H,55,61)/t40-,42-,47-,48?/m0/s1. The summed E-state index contributed by atoms with van der Waals surface area (Å²) in [6.07, 6.45) is 4.83. The van der Waals surface area contributed by atoms with Crippen molar-refractivity contribution >= 4 is 41.2 Å². The minimum atomic E-state index is -5.25. The first-order chi connectivity index (χ1) is 29.9. The van der Waals surface area contributed by atoms with E-state index in [9.17, 15) is 37.1 Å². The highest BCUT2D eigenvalue weighted by Crippen LogP contribution is 2.44. The Morgan fingerprint density at radius 2 is 1.37 bits per heavy atom. The molecule has 1 saturated heterocycles. The number of hydrogen-bond donors (Lipinski definition) is 2. The number of alkyl halides is 3. The molecule has 4 atom stereocenters. The minimum absolute atomic E-state index is 0.218. The van der Waals surface area contributed by atoms with Gasteiger partial charge in [-0.1, -0.05) is 144 Å². The predicted octanol–water partition coefficient (Wildman–Crippen LogP) is 9.22. The second-order valence-corrected chi connectivity index (χ2v) is 18.0. The van der Waals surface area contributed by atoms with Crippen molar-refractivity contribution < 1.29 is 41.9 Å². The molecule has 5 rings (SSSR count). The Morgan fingerprint density at radius 3 is 1.92 bits per heavy atom. The summed E-state index contributed by atoms with van der Waals surface area (Å²) in [5, 5.41) is 4.86. The van der Waals surface area contributed by atoms with E-state index in [1.807, 2.05) is 42.5 Å². The molecule has 2 aliphatic rings. The fourth-order valence-corrected chi connectivity index (χ4v) is 9.35. The summed E-state index contributed by atoms with van der Waals surface area (Å²) in [5.74, 6) is -5.62. The third kappa shape index (κ3) is 11.8. The van der Waals surface area contributed by atoms with E-state index in [0.29, 0.717) is 40.7 Å². The molecule has 342 valence electrons. The number of halogens is 4. The average molecular weight is 896 g/mol. The van der Waals surface area contributed by atoms with Crippen LogP contribution in [0.15, 0.2) is 78.9 Å². The largest absolute Gasteiger partial charge is 0.471 e. The zero-order valence-electron chi connectivity index (χ0n) is 37.1. The second kappa shape index (κ2) is 21.6. The van der Waals surface area contributed by atoms with Gasteiger partial charge in [0.15, 0.2) is 5.60 Å². The smallest absolute Gasteiger partial charge is 0.444 e. The number of carbonyl (C=O) groups is 5. The summed E-state index contributed by atoms with van der Waals surface area (Å²) in [4.78, 5) is 71.7. The van der Waals surface area contributed by atoms with Crippen LogP contribution in [0.4, 0.5) is 13.2 Å². The fraction of sp³-hybridized carbons (Fsp3) is 0.531. The molecule has 1 aliphatic heterocycles. The highest BCUT2D eigenvalue weighted by atomic mass is 35.5. The van der Waals surface area contributed by atoms with E-state index in [2.05, 4.69) is 17.4 Å². The monoisotopic (exact) mass is 894 g/mol. The summed E-state index contributed by atoms with van der Waals surface area (Å²) < 4.78 is 46.6. The number of likely N-dealkylation sites (N-methyl/N-ethyl adjacent to an activating group) is 1. The van der Waals surface area contributed by atoms with Gasteiger partial charge in [0.05, 0.1) is 6.42 Å². The summed E-state index contributed by atoms with van der Waals surface area (Å²) in [7, 11) is 1.26. The maximum Gasteiger partial charge on any atom is 0.471 e. The SMILES string of the molecule is CC[C@](C)(NC(=O)C(F)(F)F)C(=O)N(C)[C@H](C(=O)N[C@@H](CC(=O)OC(c1ccccc1)(c1ccc(C2CCCCCCCC2)cc1)c1ccccc1Cl)C(=O)N1CCCC1)C(C)C. The summed E-state index contributed by atoms with van der Waals surface area (Å²) in [5.41, 5.74) is -0.691. The van der Waals surface area contributed by atoms with Crippen LogP contribution in [0.5, 0.6) is 0 Å². The van der Waals surface area contributed by atoms with Gasteiger partial charge in [-0.15, -0.1) is 0 Å². The number of esters is 1. The van der Waals surface area contributed by atoms with E-state index in [1.54, 1.807) is 48.3 Å². The van der Waals surface area contributed by atoms with Crippen LogP contribution in [0.1, 0.15) is 133 Å². The Morgan fingerprint density at radius 1 is 0.810 bits per heavy atom. The number of rotatable bonds is 15. The lowest BCUT2D eigenvalue weighted by Gasteiger charge is -2.38. The van der Waals surface area contributed by atoms with Crippen molar-refractivity contribution in [1.82, 2.24) is 20.4 Å². The predicted molar refractivity (Wildman–Crippen MR) is 237 cm³/mol. The van der Waals surface area contributed by atoms with E-state index >= 15 is 0 Å². The van der Waals surface area contributed by atoms with E-state index in [-0.39, 0.29) is 6.42 Å². The second-order valence-electron chi connectivity index (χ2n) is 17.6. The van der Waals surface area contributed by atoms with Crippen molar-refractivity contribution in [3.05, 3.63) is 106 Å². The number of carbonyl (C=O) groups excluding carboxylic acids is 5. The number of ether oxygens (including phenoxy) is 1. The van der Waals surface area contributed by atoms with Gasteiger partial charge in [0.1, 0.15) is 17.6 Å². The van der Waals surface area contributed by atoms with Gasteiger partial charge in [0.25, 0.3) is 0 Å². The van der Waals surface area contributed by atoms with Crippen LogP contribution in [-0.4, -0.2) is 83.3 Å². The number of hydrogen-bond acceptors (Lipinski definition) is 6. The Labute approximate surface area is 374 Å². The summed E-state index contributed by atoms with van der Waals surface area (Å²) >= 11 is 7.00. The number of benzene rings is 3. The van der Waals surface area contributed by atoms with Crippen molar-refractivity contribution in [2.24, 2.45) is 5.92 Å². The van der Waals surface area contributed by atoms with Crippen molar-refractivity contribution in [3.63, 3.8) is 0 Å². The minimum Gasteiger partial charge on any atom is -0.444 e. The molecular formula is C49H62ClF3N4O6. The topological polar surface area (TPSA) is 125 Å². The molecule has 0 spiro atoms. The van der Waals surface area contributed by atoms with Crippen LogP contribution in [-0.2, 0) is 34.3 Å². The van der Waals surface area contributed by atoms with Gasteiger partial charge in [-0.25, -0.2) is 0 Å². The van der Waals surface area contributed by atoms with Crippen molar-refractivity contribution in [1.29, 1.82) is 0 Å². The maximum atomic E-state index is 14.7. The molecule has 0 bridgehead atoms. The van der Waals surface area contributed by atoms with E-state index in [0.717, 1.165) is 50.3 Å². The molecule has 3 aromatic carbocycles. The number of nitrogens with zero attached hydrogens (tertiary/aromatic N) is 2. The van der Waals surface area contributed by atoms with Crippen molar-refractivity contribution in [2.45, 2.75) is 140 Å². The van der Waals surface area contributed by atoms with Gasteiger partial charge >= 0.3 is 18.1 Å². The fourth-order valence-electron chi connectivity index (χ4n) is 9.08. The molecule has 3 aromatic rings. The Balaban J connectivity index is 1.51. The van der Waals surface area contributed by atoms with Crippen LogP contribution >= 0.6 is 11.6 Å². The molecule has 10 nitrogen and oxygen atoms in total. The van der Waals surface area contributed by atoms with Gasteiger partial charge in [0.2, 0.25) is 17.7 Å². The highest BCUT2D eigenvalue weighted by molar-refractivity contribution is 6.31. The lowest BCUT2D eigenvalue weighted by molar-refractivity contribution is -0.177. The Hall–Kier alpha value is -4.91. The first kappa shape index (κ1) is 49.1. The first-order valence-corrected chi connectivity index (χ1v) is 22.7. The quantitative estimate of drug-likeness (QED) is 0.116. The third-order valence-corrected chi connectivity index (χ3v) is 13.0. The average Bonchev–Trinajstić information content (AvgIpc) is 3.84. The number of amides is 4. The van der Waals surface area contributed by atoms with Gasteiger partial charge in [-0.2, -0.15) is 13.2 Å². The molecule has 14 heteroatoms. The molecule has 63 heavy (non-hydrogen) atoms. The molecule has 1 saturated carbocycles. The van der Waals surface area contributed by atoms with Crippen molar-refractivity contribution in [3.8, 4) is 0 Å². The summed E-state index contributed by atoms with van der Waals surface area (Å²) in [6, 6.07) is 21.7. The van der Waals surface area contributed by atoms with E-state index in [1.165, 1.54) is 45.2 Å². The van der Waals surface area contributed by atoms with Crippen LogP contribution in [0.2, 0.25) is 5.02 Å². The number of nitrogens with one attached hydrogen (secondary N) is 2. The lowest BCUT2D eigenvalue weighted by Crippen LogP contribution is -2.63. The molecule has 0 radical (unpaired) electrons. The van der Waals surface area contributed by atoms with Gasteiger partial charge in [-0.3, -0.25) is 24.0 Å². The van der Waals surface area contributed by atoms with E-state index in [4.69, 9.17) is 16.3 Å². The normalized spacial score (nSPS) is 18.1. The third-order valence-electron chi connectivity index (χ3n) is 12.7. The van der Waals surface area contributed by atoms with Crippen LogP contribution in [0, 0.1) is 5.92 Å². The van der Waals surface area contributed by atoms with Gasteiger partial charge in [-0.05, 0) is 62.5 Å². The number of likely N-dealkylation sites (tertiary alicyclic amines) is 1. The summed E-state index contributed by atoms with van der Waals surface area (Å²) in [6.45, 7) is 6.68. The van der Waals surface area contributed by atoms with Gasteiger partial charge < -0.3 is 25.2 Å². The molecule has 1 heterocycles. The highest BCUT2D eigenvalue weighted by Gasteiger charge is 2.48. The first-order valence-electron chi connectivity index (χ1n) is 22.3. The molecule has 1 unspecified atom stereocenters. The Bertz CT molecular complexity index is 2030. The van der Waals surface area contributed by atoms with Gasteiger partial charge in [0, 0.05) is 41.9 Å². The van der Waals surface area contributed by atoms with Crippen molar-refractivity contribution in [2.75, 3.05) is 20.1 Å². The molecular weight excluding hydrogens is 833 g/mol. The molecule has 2 N–H and O–H groups in total. The zero-order chi connectivity index (χ0) is 46.0. The molecule has 2 fully saturated rings. The van der Waals surface area contributed by atoms with Crippen LogP contribution in [0.3, 0.4) is 0 Å². The molecule has 1 aliphatic carbocycles. The van der Waals surface area contributed by atoms with Crippen LogP contribution < -0.4 is 10.6 Å². The van der Waals surface area contributed by atoms with Crippen LogP contribution in [0.25, 0.3) is 0 Å². The Kier molecular flexibility index (Phi) is 16.9. The molecule has 0 aromatic heterocycles. The molecule has 4 amide bonds. The lowest BCUT2D eigenvalue weighted by atomic mass is 9.78. The maximum absolute atomic E-state index is 14.7.